The summed E-state index contributed by atoms with van der Waals surface area (Å²) in [6.07, 6.45) is 4.10. The van der Waals surface area contributed by atoms with Crippen molar-refractivity contribution in [1.29, 1.82) is 0 Å². The van der Waals surface area contributed by atoms with Gasteiger partial charge in [0.05, 0.1) is 0 Å². The van der Waals surface area contributed by atoms with E-state index in [0.717, 1.165) is 35.1 Å². The summed E-state index contributed by atoms with van der Waals surface area (Å²) in [5.74, 6) is -1.65. The largest absolute Gasteiger partial charge is 0.381 e. The van der Waals surface area contributed by atoms with Crippen LogP contribution in [-0.4, -0.2) is 36.0 Å². The Morgan fingerprint density at radius 1 is 1.10 bits per heavy atom. The average molecular weight is 402 g/mol. The molecule has 0 saturated carbocycles. The van der Waals surface area contributed by atoms with E-state index in [2.05, 4.69) is 12.2 Å². The Morgan fingerprint density at radius 3 is 2.48 bits per heavy atom. The molecule has 1 aromatic carbocycles. The van der Waals surface area contributed by atoms with E-state index in [1.54, 1.807) is 13.0 Å². The minimum Gasteiger partial charge on any atom is -0.381 e. The van der Waals surface area contributed by atoms with Crippen LogP contribution in [0.5, 0.6) is 0 Å². The number of hydrogen-bond donors (Lipinski definition) is 1. The Hall–Kier alpha value is -2.80. The molecule has 0 aliphatic rings. The Balaban J connectivity index is 2.15. The summed E-state index contributed by atoms with van der Waals surface area (Å²) >= 11 is 0. The molecule has 0 aliphatic heterocycles. The van der Waals surface area contributed by atoms with Gasteiger partial charge in [-0.2, -0.15) is 0 Å². The Kier molecular flexibility index (Phi) is 8.73. The smallest absolute Gasteiger partial charge is 0.251 e. The van der Waals surface area contributed by atoms with Crippen molar-refractivity contribution in [2.75, 3.05) is 19.8 Å². The zero-order chi connectivity index (χ0) is 21.2. The third-order valence-corrected chi connectivity index (χ3v) is 4.40. The fourth-order valence-electron chi connectivity index (χ4n) is 2.79. The number of ether oxygens (including phenoxy) is 1. The lowest BCUT2D eigenvalue weighted by Gasteiger charge is -2.19. The number of Topliss-reactive ketones (excluding diaryl/α,β-unsaturated/α-hetero) is 1. The van der Waals surface area contributed by atoms with E-state index in [-0.39, 0.29) is 5.56 Å². The molecule has 7 heteroatoms. The molecule has 0 aliphatic carbocycles. The first-order valence-electron chi connectivity index (χ1n) is 9.78. The predicted molar refractivity (Wildman–Crippen MR) is 109 cm³/mol. The van der Waals surface area contributed by atoms with Crippen molar-refractivity contribution in [2.24, 2.45) is 0 Å². The molecule has 1 N–H and O–H groups in total. The van der Waals surface area contributed by atoms with Crippen molar-refractivity contribution < 1.29 is 18.7 Å². The van der Waals surface area contributed by atoms with Gasteiger partial charge in [-0.15, -0.1) is 0 Å². The highest BCUT2D eigenvalue weighted by Gasteiger charge is 2.30. The van der Waals surface area contributed by atoms with Gasteiger partial charge >= 0.3 is 0 Å². The van der Waals surface area contributed by atoms with Crippen molar-refractivity contribution in [1.82, 2.24) is 9.88 Å². The third-order valence-electron chi connectivity index (χ3n) is 4.40. The number of pyridine rings is 1. The molecule has 29 heavy (non-hydrogen) atoms. The molecule has 156 valence electrons. The SMILES string of the molecule is CCCCOCCCNC(=O)C(C(=O)c1ccc(F)cc1)n1cc(C)ccc1=O. The number of carbonyl (C=O) groups is 2. The second kappa shape index (κ2) is 11.3. The Labute approximate surface area is 169 Å². The van der Waals surface area contributed by atoms with Crippen LogP contribution in [0.2, 0.25) is 0 Å². The second-order valence-electron chi connectivity index (χ2n) is 6.84. The number of nitrogens with zero attached hydrogens (tertiary/aromatic N) is 1. The summed E-state index contributed by atoms with van der Waals surface area (Å²) in [6, 6.07) is 6.47. The number of benzene rings is 1. The minimum absolute atomic E-state index is 0.155. The summed E-state index contributed by atoms with van der Waals surface area (Å²) in [5, 5.41) is 2.71. The lowest BCUT2D eigenvalue weighted by atomic mass is 10.0. The number of unbranched alkanes of at least 4 members (excludes halogenated alkanes) is 1. The highest BCUT2D eigenvalue weighted by Crippen LogP contribution is 2.15. The first kappa shape index (κ1) is 22.5. The van der Waals surface area contributed by atoms with Gasteiger partial charge in [0, 0.05) is 37.6 Å². The standard InChI is InChI=1S/C22H27FN2O4/c1-3-4-13-29-14-5-12-24-22(28)20(25-15-16(2)6-11-19(25)26)21(27)17-7-9-18(23)10-8-17/h6-11,15,20H,3-5,12-14H2,1-2H3,(H,24,28). The normalized spacial score (nSPS) is 11.8. The van der Waals surface area contributed by atoms with Gasteiger partial charge in [0.15, 0.2) is 11.8 Å². The number of nitrogens with one attached hydrogen (secondary N) is 1. The molecule has 0 saturated heterocycles. The quantitative estimate of drug-likeness (QED) is 0.356. The summed E-state index contributed by atoms with van der Waals surface area (Å²) in [5.41, 5.74) is 0.426. The monoisotopic (exact) mass is 402 g/mol. The van der Waals surface area contributed by atoms with Gasteiger partial charge in [-0.1, -0.05) is 19.4 Å². The van der Waals surface area contributed by atoms with Crippen LogP contribution in [0.3, 0.4) is 0 Å². The number of aromatic nitrogens is 1. The molecule has 1 unspecified atom stereocenters. The van der Waals surface area contributed by atoms with Crippen LogP contribution >= 0.6 is 0 Å². The van der Waals surface area contributed by atoms with Gasteiger partial charge in [-0.05, 0) is 49.6 Å². The van der Waals surface area contributed by atoms with E-state index in [9.17, 15) is 18.8 Å². The van der Waals surface area contributed by atoms with Crippen LogP contribution in [0.1, 0.15) is 48.1 Å². The highest BCUT2D eigenvalue weighted by atomic mass is 19.1. The van der Waals surface area contributed by atoms with Crippen LogP contribution in [0.15, 0.2) is 47.4 Å². The van der Waals surface area contributed by atoms with E-state index in [1.165, 1.54) is 24.4 Å². The minimum atomic E-state index is -1.37. The van der Waals surface area contributed by atoms with Crippen molar-refractivity contribution in [3.8, 4) is 0 Å². The lowest BCUT2D eigenvalue weighted by Crippen LogP contribution is -2.41. The topological polar surface area (TPSA) is 77.4 Å². The fourth-order valence-corrected chi connectivity index (χ4v) is 2.79. The van der Waals surface area contributed by atoms with Crippen LogP contribution < -0.4 is 10.9 Å². The van der Waals surface area contributed by atoms with Crippen molar-refractivity contribution in [3.05, 3.63) is 69.9 Å². The third kappa shape index (κ3) is 6.64. The van der Waals surface area contributed by atoms with Gasteiger partial charge in [0.2, 0.25) is 0 Å². The zero-order valence-electron chi connectivity index (χ0n) is 16.8. The second-order valence-corrected chi connectivity index (χ2v) is 6.84. The molecule has 0 bridgehead atoms. The lowest BCUT2D eigenvalue weighted by molar-refractivity contribution is -0.123. The number of carbonyl (C=O) groups excluding carboxylic acids is 2. The molecule has 0 spiro atoms. The van der Waals surface area contributed by atoms with Gasteiger partial charge < -0.3 is 10.1 Å². The van der Waals surface area contributed by atoms with Crippen molar-refractivity contribution in [2.45, 2.75) is 39.2 Å². The molecule has 1 amide bonds. The van der Waals surface area contributed by atoms with E-state index in [0.29, 0.717) is 26.2 Å². The molecule has 6 nitrogen and oxygen atoms in total. The van der Waals surface area contributed by atoms with E-state index >= 15 is 0 Å². The van der Waals surface area contributed by atoms with Crippen molar-refractivity contribution >= 4 is 11.7 Å². The molecule has 0 fully saturated rings. The first-order valence-corrected chi connectivity index (χ1v) is 9.78. The van der Waals surface area contributed by atoms with Gasteiger partial charge in [-0.25, -0.2) is 4.39 Å². The van der Waals surface area contributed by atoms with Crippen LogP contribution in [0.4, 0.5) is 4.39 Å². The number of amides is 1. The zero-order valence-corrected chi connectivity index (χ0v) is 16.8. The molecule has 1 heterocycles. The Bertz CT molecular complexity index is 877. The molecule has 1 atom stereocenters. The van der Waals surface area contributed by atoms with Crippen LogP contribution in [0, 0.1) is 12.7 Å². The predicted octanol–water partition coefficient (Wildman–Crippen LogP) is 3.04. The maximum atomic E-state index is 13.2. The fraction of sp³-hybridized carbons (Fsp3) is 0.409. The molecular formula is C22H27FN2O4. The maximum absolute atomic E-state index is 13.2. The summed E-state index contributed by atoms with van der Waals surface area (Å²) in [6.45, 7) is 5.34. The van der Waals surface area contributed by atoms with E-state index in [4.69, 9.17) is 4.74 Å². The van der Waals surface area contributed by atoms with E-state index in [1.807, 2.05) is 0 Å². The average Bonchev–Trinajstić information content (AvgIpc) is 2.70. The van der Waals surface area contributed by atoms with Crippen LogP contribution in [-0.2, 0) is 9.53 Å². The van der Waals surface area contributed by atoms with Crippen molar-refractivity contribution in [3.63, 3.8) is 0 Å². The Morgan fingerprint density at radius 2 is 1.79 bits per heavy atom. The van der Waals surface area contributed by atoms with Gasteiger partial charge in [0.1, 0.15) is 5.82 Å². The first-order chi connectivity index (χ1) is 13.9. The van der Waals surface area contributed by atoms with Gasteiger partial charge in [0.25, 0.3) is 11.5 Å². The van der Waals surface area contributed by atoms with E-state index < -0.39 is 29.1 Å². The highest BCUT2D eigenvalue weighted by molar-refractivity contribution is 6.11. The number of halogens is 1. The van der Waals surface area contributed by atoms with Crippen LogP contribution in [0.25, 0.3) is 0 Å². The number of rotatable bonds is 11. The molecule has 0 radical (unpaired) electrons. The van der Waals surface area contributed by atoms with Gasteiger partial charge in [-0.3, -0.25) is 19.0 Å². The number of ketones is 1. The summed E-state index contributed by atoms with van der Waals surface area (Å²) in [7, 11) is 0. The number of aryl methyl sites for hydroxylation is 1. The molecular weight excluding hydrogens is 375 g/mol. The molecule has 1 aromatic heterocycles. The molecule has 2 aromatic rings. The maximum Gasteiger partial charge on any atom is 0.251 e. The summed E-state index contributed by atoms with van der Waals surface area (Å²) < 4.78 is 19.8. The molecule has 2 rings (SSSR count). The number of hydrogen-bond acceptors (Lipinski definition) is 4. The summed E-state index contributed by atoms with van der Waals surface area (Å²) in [4.78, 5) is 38.2.